The van der Waals surface area contributed by atoms with Gasteiger partial charge < -0.3 is 9.80 Å². The molecule has 2 fully saturated rings. The maximum absolute atomic E-state index is 13.7. The predicted octanol–water partition coefficient (Wildman–Crippen LogP) is 4.61. The molecule has 2 aromatic carbocycles. The Labute approximate surface area is 186 Å². The molecule has 0 aromatic heterocycles. The highest BCUT2D eigenvalue weighted by atomic mass is 32.2. The van der Waals surface area contributed by atoms with Crippen molar-refractivity contribution in [2.24, 2.45) is 0 Å². The highest BCUT2D eigenvalue weighted by Gasteiger charge is 2.29. The van der Waals surface area contributed by atoms with Gasteiger partial charge in [-0.15, -0.1) is 11.8 Å². The van der Waals surface area contributed by atoms with Crippen LogP contribution >= 0.6 is 11.8 Å². The average molecular weight is 444 g/mol. The summed E-state index contributed by atoms with van der Waals surface area (Å²) >= 11 is 1.50. The smallest absolute Gasteiger partial charge is 0.264 e. The lowest BCUT2D eigenvalue weighted by atomic mass is 10.0. The molecule has 164 valence electrons. The molecule has 7 heteroatoms. The van der Waals surface area contributed by atoms with Crippen molar-refractivity contribution >= 4 is 35.1 Å². The zero-order chi connectivity index (χ0) is 22.1. The van der Waals surface area contributed by atoms with Crippen molar-refractivity contribution in [3.63, 3.8) is 0 Å². The minimum Gasteiger partial charge on any atom is -0.365 e. The first kappa shape index (κ1) is 21.8. The van der Waals surface area contributed by atoms with E-state index in [0.717, 1.165) is 36.5 Å². The fourth-order valence-corrected chi connectivity index (χ4v) is 5.13. The van der Waals surface area contributed by atoms with Crippen LogP contribution in [0.5, 0.6) is 0 Å². The molecule has 0 aliphatic carbocycles. The Bertz CT molecular complexity index is 1010. The molecule has 2 heterocycles. The van der Waals surface area contributed by atoms with E-state index in [1.807, 2.05) is 24.3 Å². The molecule has 1 amide bonds. The van der Waals surface area contributed by atoms with E-state index in [4.69, 9.17) is 0 Å². The average Bonchev–Trinajstić information content (AvgIpc) is 2.75. The van der Waals surface area contributed by atoms with E-state index in [2.05, 4.69) is 36.8 Å². The van der Waals surface area contributed by atoms with Crippen molar-refractivity contribution in [2.45, 2.75) is 25.9 Å². The number of thioether (sulfide) groups is 1. The summed E-state index contributed by atoms with van der Waals surface area (Å²) in [6.45, 7) is 6.79. The normalized spacial score (nSPS) is 24.2. The van der Waals surface area contributed by atoms with Crippen molar-refractivity contribution < 1.29 is 13.6 Å². The number of carbonyl (C=O) groups excluding carboxylic acids is 1. The van der Waals surface area contributed by atoms with Gasteiger partial charge in [-0.3, -0.25) is 9.69 Å². The number of para-hydroxylation sites is 1. The first-order valence-electron chi connectivity index (χ1n) is 10.5. The molecule has 2 aromatic rings. The SMILES string of the molecule is CC1CN(c2ccccc2/C=C2\SCCN(c3ccc(F)c(F)c3)C2=O)C(C)CN1C. The summed E-state index contributed by atoms with van der Waals surface area (Å²) in [7, 11) is 2.15. The molecule has 0 saturated carbocycles. The third kappa shape index (κ3) is 4.48. The zero-order valence-corrected chi connectivity index (χ0v) is 18.8. The van der Waals surface area contributed by atoms with Gasteiger partial charge in [-0.05, 0) is 50.7 Å². The van der Waals surface area contributed by atoms with E-state index in [1.165, 1.54) is 22.7 Å². The maximum atomic E-state index is 13.7. The van der Waals surface area contributed by atoms with Gasteiger partial charge in [0.25, 0.3) is 5.91 Å². The summed E-state index contributed by atoms with van der Waals surface area (Å²) in [6.07, 6.45) is 1.93. The standard InChI is InChI=1S/C24H27F2N3OS/c1-16-15-29(17(2)14-27(16)3)22-7-5-4-6-18(22)12-23-24(30)28(10-11-31-23)19-8-9-20(25)21(26)13-19/h4-9,12-13,16-17H,10-11,14-15H2,1-3H3/b23-12-. The van der Waals surface area contributed by atoms with Crippen LogP contribution in [-0.2, 0) is 4.79 Å². The molecular weight excluding hydrogens is 416 g/mol. The van der Waals surface area contributed by atoms with Gasteiger partial charge in [0, 0.05) is 54.9 Å². The molecule has 4 nitrogen and oxygen atoms in total. The van der Waals surface area contributed by atoms with Crippen LogP contribution in [0.25, 0.3) is 6.08 Å². The molecule has 0 N–H and O–H groups in total. The second-order valence-electron chi connectivity index (χ2n) is 8.26. The Hall–Kier alpha value is -2.38. The van der Waals surface area contributed by atoms with Gasteiger partial charge in [0.2, 0.25) is 0 Å². The van der Waals surface area contributed by atoms with Crippen LogP contribution in [0.15, 0.2) is 47.4 Å². The molecule has 4 rings (SSSR count). The first-order valence-corrected chi connectivity index (χ1v) is 11.5. The van der Waals surface area contributed by atoms with Gasteiger partial charge in [-0.2, -0.15) is 0 Å². The highest BCUT2D eigenvalue weighted by Crippen LogP contribution is 2.33. The third-order valence-corrected chi connectivity index (χ3v) is 7.06. The van der Waals surface area contributed by atoms with Crippen LogP contribution < -0.4 is 9.80 Å². The molecule has 2 saturated heterocycles. The molecule has 0 spiro atoms. The van der Waals surface area contributed by atoms with E-state index in [0.29, 0.717) is 35.0 Å². The summed E-state index contributed by atoms with van der Waals surface area (Å²) < 4.78 is 27.0. The van der Waals surface area contributed by atoms with E-state index < -0.39 is 11.6 Å². The monoisotopic (exact) mass is 443 g/mol. The van der Waals surface area contributed by atoms with E-state index in [-0.39, 0.29) is 5.91 Å². The number of likely N-dealkylation sites (N-methyl/N-ethyl adjacent to an activating group) is 1. The minimum absolute atomic E-state index is 0.183. The predicted molar refractivity (Wildman–Crippen MR) is 124 cm³/mol. The van der Waals surface area contributed by atoms with Crippen LogP contribution in [-0.4, -0.2) is 55.3 Å². The molecule has 2 aliphatic heterocycles. The zero-order valence-electron chi connectivity index (χ0n) is 18.0. The van der Waals surface area contributed by atoms with Crippen molar-refractivity contribution in [1.82, 2.24) is 4.90 Å². The van der Waals surface area contributed by atoms with Gasteiger partial charge in [0.15, 0.2) is 11.6 Å². The Kier molecular flexibility index (Phi) is 6.34. The quantitative estimate of drug-likeness (QED) is 0.647. The van der Waals surface area contributed by atoms with Crippen molar-refractivity contribution in [1.29, 1.82) is 0 Å². The lowest BCUT2D eigenvalue weighted by Gasteiger charge is -2.44. The summed E-state index contributed by atoms with van der Waals surface area (Å²) in [6, 6.07) is 12.5. The molecule has 0 radical (unpaired) electrons. The molecule has 0 bridgehead atoms. The fourth-order valence-electron chi connectivity index (χ4n) is 4.19. The number of hydrogen-bond donors (Lipinski definition) is 0. The number of benzene rings is 2. The number of carbonyl (C=O) groups is 1. The Morgan fingerprint density at radius 2 is 1.81 bits per heavy atom. The summed E-state index contributed by atoms with van der Waals surface area (Å²) in [5, 5.41) is 0. The minimum atomic E-state index is -0.947. The maximum Gasteiger partial charge on any atom is 0.264 e. The number of rotatable bonds is 3. The lowest BCUT2D eigenvalue weighted by molar-refractivity contribution is -0.114. The van der Waals surface area contributed by atoms with Gasteiger partial charge in [-0.1, -0.05) is 18.2 Å². The number of amides is 1. The van der Waals surface area contributed by atoms with Crippen molar-refractivity contribution in [3.05, 3.63) is 64.6 Å². The number of piperazine rings is 1. The lowest BCUT2D eigenvalue weighted by Crippen LogP contribution is -2.55. The molecule has 2 atom stereocenters. The number of hydrogen-bond acceptors (Lipinski definition) is 4. The second-order valence-corrected chi connectivity index (χ2v) is 9.40. The van der Waals surface area contributed by atoms with Crippen molar-refractivity contribution in [2.75, 3.05) is 42.2 Å². The summed E-state index contributed by atoms with van der Waals surface area (Å²) in [5.74, 6) is -1.35. The topological polar surface area (TPSA) is 26.8 Å². The summed E-state index contributed by atoms with van der Waals surface area (Å²) in [5.41, 5.74) is 2.49. The first-order chi connectivity index (χ1) is 14.8. The summed E-state index contributed by atoms with van der Waals surface area (Å²) in [4.78, 5) is 20.1. The van der Waals surface area contributed by atoms with Crippen LogP contribution in [0.3, 0.4) is 0 Å². The van der Waals surface area contributed by atoms with Gasteiger partial charge in [-0.25, -0.2) is 8.78 Å². The number of halogens is 2. The van der Waals surface area contributed by atoms with E-state index in [1.54, 1.807) is 0 Å². The number of anilines is 2. The molecular formula is C24H27F2N3OS. The van der Waals surface area contributed by atoms with Crippen LogP contribution in [0.2, 0.25) is 0 Å². The van der Waals surface area contributed by atoms with Crippen molar-refractivity contribution in [3.8, 4) is 0 Å². The molecule has 2 aliphatic rings. The van der Waals surface area contributed by atoms with E-state index >= 15 is 0 Å². The Morgan fingerprint density at radius 1 is 1.03 bits per heavy atom. The van der Waals surface area contributed by atoms with Gasteiger partial charge >= 0.3 is 0 Å². The molecule has 2 unspecified atom stereocenters. The second kappa shape index (κ2) is 9.01. The Morgan fingerprint density at radius 3 is 2.58 bits per heavy atom. The Balaban J connectivity index is 1.64. The highest BCUT2D eigenvalue weighted by molar-refractivity contribution is 8.04. The number of nitrogens with zero attached hydrogens (tertiary/aromatic N) is 3. The molecule has 31 heavy (non-hydrogen) atoms. The fraction of sp³-hybridized carbons (Fsp3) is 0.375. The largest absolute Gasteiger partial charge is 0.365 e. The van der Waals surface area contributed by atoms with Crippen LogP contribution in [0, 0.1) is 11.6 Å². The van der Waals surface area contributed by atoms with Gasteiger partial charge in [0.05, 0.1) is 4.91 Å². The van der Waals surface area contributed by atoms with Crippen LogP contribution in [0.4, 0.5) is 20.2 Å². The van der Waals surface area contributed by atoms with Crippen LogP contribution in [0.1, 0.15) is 19.4 Å². The third-order valence-electron chi connectivity index (χ3n) is 6.07. The van der Waals surface area contributed by atoms with E-state index in [9.17, 15) is 13.6 Å². The van der Waals surface area contributed by atoms with Gasteiger partial charge in [0.1, 0.15) is 0 Å².